The number of carbonyl (C=O) groups excluding carboxylic acids is 1. The number of aromatic nitrogens is 2. The van der Waals surface area contributed by atoms with Gasteiger partial charge in [0.15, 0.2) is 0 Å². The lowest BCUT2D eigenvalue weighted by Gasteiger charge is -2.25. The third-order valence-electron chi connectivity index (χ3n) is 3.69. The first-order chi connectivity index (χ1) is 10.4. The molecule has 0 radical (unpaired) electrons. The second-order valence-electron chi connectivity index (χ2n) is 5.14. The number of carbonyl (C=O) groups is 1. The highest BCUT2D eigenvalue weighted by Crippen LogP contribution is 2.34. The van der Waals surface area contributed by atoms with Crippen LogP contribution in [0.3, 0.4) is 0 Å². The fourth-order valence-electron chi connectivity index (χ4n) is 2.72. The molecule has 8 heteroatoms. The van der Waals surface area contributed by atoms with Gasteiger partial charge in [-0.3, -0.25) is 4.79 Å². The Morgan fingerprint density at radius 1 is 1.27 bits per heavy atom. The number of para-hydroxylation sites is 1. The highest BCUT2D eigenvalue weighted by molar-refractivity contribution is 5.93. The summed E-state index contributed by atoms with van der Waals surface area (Å²) in [5.41, 5.74) is 5.54. The topological polar surface area (TPSA) is 72.1 Å². The predicted octanol–water partition coefficient (Wildman–Crippen LogP) is 2.10. The molecule has 2 aromatic rings. The lowest BCUT2D eigenvalue weighted by molar-refractivity contribution is -0.144. The van der Waals surface area contributed by atoms with Gasteiger partial charge in [0, 0.05) is 11.9 Å². The molecular weight excluding hydrogens is 297 g/mol. The number of fused-ring (bicyclic) bond motifs is 1. The summed E-state index contributed by atoms with van der Waals surface area (Å²) in [4.78, 5) is 20.3. The fourth-order valence-corrected chi connectivity index (χ4v) is 2.72. The van der Waals surface area contributed by atoms with Gasteiger partial charge in [0.05, 0.1) is 5.52 Å². The minimum absolute atomic E-state index is 0.110. The molecule has 1 aromatic heterocycles. The molecule has 1 fully saturated rings. The Morgan fingerprint density at radius 2 is 2.00 bits per heavy atom. The van der Waals surface area contributed by atoms with E-state index >= 15 is 0 Å². The summed E-state index contributed by atoms with van der Waals surface area (Å²) in [6, 6.07) is 5.79. The van der Waals surface area contributed by atoms with E-state index < -0.39 is 23.9 Å². The first-order valence-electron chi connectivity index (χ1n) is 6.78. The van der Waals surface area contributed by atoms with Crippen molar-refractivity contribution in [1.82, 2.24) is 9.97 Å². The molecule has 1 amide bonds. The zero-order valence-electron chi connectivity index (χ0n) is 11.5. The van der Waals surface area contributed by atoms with Crippen LogP contribution in [0.5, 0.6) is 0 Å². The smallest absolute Gasteiger partial charge is 0.368 e. The Labute approximate surface area is 123 Å². The molecule has 1 atom stereocenters. The minimum Gasteiger partial charge on any atom is -0.368 e. The summed E-state index contributed by atoms with van der Waals surface area (Å²) in [5.74, 6) is -1.66. The largest absolute Gasteiger partial charge is 0.451 e. The third kappa shape index (κ3) is 2.44. The van der Waals surface area contributed by atoms with Gasteiger partial charge in [-0.05, 0) is 25.0 Å². The van der Waals surface area contributed by atoms with Crippen molar-refractivity contribution in [2.75, 3.05) is 11.4 Å². The van der Waals surface area contributed by atoms with Crippen molar-refractivity contribution in [2.24, 2.45) is 5.73 Å². The number of rotatable bonds is 2. The predicted molar refractivity (Wildman–Crippen MR) is 74.1 cm³/mol. The van der Waals surface area contributed by atoms with Gasteiger partial charge in [-0.2, -0.15) is 13.2 Å². The molecule has 1 unspecified atom stereocenters. The number of amides is 1. The Morgan fingerprint density at radius 3 is 2.68 bits per heavy atom. The van der Waals surface area contributed by atoms with E-state index in [2.05, 4.69) is 9.97 Å². The van der Waals surface area contributed by atoms with Gasteiger partial charge < -0.3 is 10.6 Å². The van der Waals surface area contributed by atoms with E-state index in [1.165, 1.54) is 6.07 Å². The van der Waals surface area contributed by atoms with Gasteiger partial charge in [0.25, 0.3) is 0 Å². The van der Waals surface area contributed by atoms with Crippen molar-refractivity contribution >= 4 is 22.6 Å². The van der Waals surface area contributed by atoms with Crippen molar-refractivity contribution < 1.29 is 18.0 Å². The molecule has 0 aliphatic carbocycles. The van der Waals surface area contributed by atoms with Crippen LogP contribution >= 0.6 is 0 Å². The number of alkyl halides is 3. The Bertz CT molecular complexity index is 732. The van der Waals surface area contributed by atoms with E-state index in [1.807, 2.05) is 0 Å². The number of nitrogens with two attached hydrogens (primary N) is 1. The molecule has 5 nitrogen and oxygen atoms in total. The summed E-state index contributed by atoms with van der Waals surface area (Å²) in [6.07, 6.45) is -3.47. The molecule has 1 aliphatic rings. The summed E-state index contributed by atoms with van der Waals surface area (Å²) >= 11 is 0. The Hall–Kier alpha value is -2.38. The molecule has 0 bridgehead atoms. The van der Waals surface area contributed by atoms with Crippen molar-refractivity contribution in [3.05, 3.63) is 30.1 Å². The van der Waals surface area contributed by atoms with Crippen LogP contribution in [0, 0.1) is 0 Å². The zero-order valence-corrected chi connectivity index (χ0v) is 11.5. The van der Waals surface area contributed by atoms with Crippen LogP contribution in [0.25, 0.3) is 10.9 Å². The number of hydrogen-bond acceptors (Lipinski definition) is 4. The molecule has 1 aliphatic heterocycles. The lowest BCUT2D eigenvalue weighted by Crippen LogP contribution is -2.41. The minimum atomic E-state index is -4.65. The van der Waals surface area contributed by atoms with Crippen molar-refractivity contribution in [3.8, 4) is 0 Å². The molecular formula is C14H13F3N4O. The molecule has 3 rings (SSSR count). The summed E-state index contributed by atoms with van der Waals surface area (Å²) in [5, 5.41) is 0.476. The van der Waals surface area contributed by atoms with E-state index in [4.69, 9.17) is 5.73 Å². The molecule has 0 saturated carbocycles. The summed E-state index contributed by atoms with van der Waals surface area (Å²) in [6.45, 7) is 0.436. The standard InChI is InChI=1S/C14H13F3N4O/c15-14(16,17)13-19-9-5-2-1-4-8(9)12(20-13)21-7-3-6-10(21)11(18)22/h1-2,4-5,10H,3,6-7H2,(H2,18,22). The van der Waals surface area contributed by atoms with Gasteiger partial charge in [0.2, 0.25) is 11.7 Å². The highest BCUT2D eigenvalue weighted by Gasteiger charge is 2.38. The highest BCUT2D eigenvalue weighted by atomic mass is 19.4. The second-order valence-corrected chi connectivity index (χ2v) is 5.14. The van der Waals surface area contributed by atoms with E-state index in [9.17, 15) is 18.0 Å². The van der Waals surface area contributed by atoms with Crippen molar-refractivity contribution in [2.45, 2.75) is 25.1 Å². The van der Waals surface area contributed by atoms with Crippen molar-refractivity contribution in [1.29, 1.82) is 0 Å². The average Bonchev–Trinajstić information content (AvgIpc) is 2.94. The maximum absolute atomic E-state index is 13.0. The Balaban J connectivity index is 2.21. The van der Waals surface area contributed by atoms with E-state index in [0.29, 0.717) is 24.8 Å². The van der Waals surface area contributed by atoms with Gasteiger partial charge >= 0.3 is 6.18 Å². The maximum atomic E-state index is 13.0. The summed E-state index contributed by atoms with van der Waals surface area (Å²) < 4.78 is 39.0. The van der Waals surface area contributed by atoms with Crippen LogP contribution in [0.1, 0.15) is 18.7 Å². The van der Waals surface area contributed by atoms with E-state index in [0.717, 1.165) is 0 Å². The average molecular weight is 310 g/mol. The van der Waals surface area contributed by atoms with Gasteiger partial charge in [-0.15, -0.1) is 0 Å². The maximum Gasteiger partial charge on any atom is 0.451 e. The first kappa shape index (κ1) is 14.6. The van der Waals surface area contributed by atoms with E-state index in [1.54, 1.807) is 23.1 Å². The van der Waals surface area contributed by atoms with E-state index in [-0.39, 0.29) is 11.3 Å². The van der Waals surface area contributed by atoms with Crippen LogP contribution in [0.2, 0.25) is 0 Å². The third-order valence-corrected chi connectivity index (χ3v) is 3.69. The SMILES string of the molecule is NC(=O)C1CCCN1c1nc(C(F)(F)F)nc2ccccc12. The normalized spacial score (nSPS) is 18.9. The molecule has 2 heterocycles. The van der Waals surface area contributed by atoms with Crippen LogP contribution in [0.15, 0.2) is 24.3 Å². The molecule has 0 spiro atoms. The van der Waals surface area contributed by atoms with Crippen LogP contribution in [-0.4, -0.2) is 28.5 Å². The fraction of sp³-hybridized carbons (Fsp3) is 0.357. The van der Waals surface area contributed by atoms with Crippen molar-refractivity contribution in [3.63, 3.8) is 0 Å². The molecule has 22 heavy (non-hydrogen) atoms. The van der Waals surface area contributed by atoms with Gasteiger partial charge in [-0.25, -0.2) is 9.97 Å². The Kier molecular flexibility index (Phi) is 3.38. The lowest BCUT2D eigenvalue weighted by atomic mass is 10.2. The zero-order chi connectivity index (χ0) is 15.9. The molecule has 2 N–H and O–H groups in total. The summed E-state index contributed by atoms with van der Waals surface area (Å²) in [7, 11) is 0. The number of hydrogen-bond donors (Lipinski definition) is 1. The van der Waals surface area contributed by atoms with Crippen LogP contribution in [-0.2, 0) is 11.0 Å². The molecule has 1 saturated heterocycles. The number of anilines is 1. The number of primary amides is 1. The monoisotopic (exact) mass is 310 g/mol. The number of nitrogens with zero attached hydrogens (tertiary/aromatic N) is 3. The van der Waals surface area contributed by atoms with Gasteiger partial charge in [-0.1, -0.05) is 12.1 Å². The number of benzene rings is 1. The molecule has 116 valence electrons. The quantitative estimate of drug-likeness (QED) is 0.922. The molecule has 1 aromatic carbocycles. The van der Waals surface area contributed by atoms with Gasteiger partial charge in [0.1, 0.15) is 11.9 Å². The van der Waals surface area contributed by atoms with Crippen LogP contribution < -0.4 is 10.6 Å². The van der Waals surface area contributed by atoms with Crippen LogP contribution in [0.4, 0.5) is 19.0 Å². The second kappa shape index (κ2) is 5.11. The first-order valence-corrected chi connectivity index (χ1v) is 6.78. The number of halogens is 3.